The van der Waals surface area contributed by atoms with Crippen LogP contribution < -0.4 is 0 Å². The van der Waals surface area contributed by atoms with E-state index in [0.29, 0.717) is 63.2 Å². The molecule has 262 valence electrons. The SMILES string of the molecule is CCO[Si](CCCSN(OC(=O)SSSSC(=O)ON(SC)SCCC[Si](OCC)(OCC)OCC)SC)(OCC)OCC. The van der Waals surface area contributed by atoms with Gasteiger partial charge in [0.15, 0.2) is 0 Å². The molecule has 0 radical (unpaired) electrons. The largest absolute Gasteiger partial charge is 0.500 e. The summed E-state index contributed by atoms with van der Waals surface area (Å²) >= 11 is 5.35. The van der Waals surface area contributed by atoms with Gasteiger partial charge in [0.1, 0.15) is 0 Å². The van der Waals surface area contributed by atoms with Gasteiger partial charge in [-0.2, -0.15) is 0 Å². The first-order valence-corrected chi connectivity index (χ1v) is 27.0. The summed E-state index contributed by atoms with van der Waals surface area (Å²) in [5.74, 6) is 1.39. The van der Waals surface area contributed by atoms with Crippen LogP contribution in [-0.4, -0.2) is 99.6 Å². The molecule has 0 aromatic heterocycles. The highest BCUT2D eigenvalue weighted by Crippen LogP contribution is 2.45. The van der Waals surface area contributed by atoms with Crippen molar-refractivity contribution in [1.29, 1.82) is 0 Å². The molecule has 22 heteroatoms. The van der Waals surface area contributed by atoms with Crippen LogP contribution in [0.2, 0.25) is 12.1 Å². The van der Waals surface area contributed by atoms with E-state index in [2.05, 4.69) is 0 Å². The van der Waals surface area contributed by atoms with E-state index in [-0.39, 0.29) is 0 Å². The van der Waals surface area contributed by atoms with Crippen molar-refractivity contribution in [2.24, 2.45) is 0 Å². The smallest absolute Gasteiger partial charge is 0.374 e. The molecule has 0 rings (SSSR count). The van der Waals surface area contributed by atoms with E-state index < -0.39 is 28.2 Å². The zero-order chi connectivity index (χ0) is 33.1. The molecular weight excluding hydrogens is 765 g/mol. The predicted octanol–water partition coefficient (Wildman–Crippen LogP) is 9.10. The number of hydrogen-bond donors (Lipinski definition) is 0. The number of carbonyl (C=O) groups excluding carboxylic acids is 2. The van der Waals surface area contributed by atoms with Gasteiger partial charge in [0, 0.05) is 97.3 Å². The molecule has 0 aliphatic carbocycles. The molecule has 0 atom stereocenters. The van der Waals surface area contributed by atoms with Crippen LogP contribution in [0.3, 0.4) is 0 Å². The Morgan fingerprint density at radius 3 is 1.09 bits per heavy atom. The van der Waals surface area contributed by atoms with Crippen LogP contribution in [0, 0.1) is 0 Å². The Balaban J connectivity index is 4.36. The maximum Gasteiger partial charge on any atom is 0.500 e. The van der Waals surface area contributed by atoms with E-state index in [0.717, 1.165) is 54.1 Å². The molecule has 12 nitrogen and oxygen atoms in total. The topological polar surface area (TPSA) is 114 Å². The van der Waals surface area contributed by atoms with Crippen molar-refractivity contribution in [3.63, 3.8) is 0 Å². The third-order valence-corrected chi connectivity index (χ3v) is 20.0. The Morgan fingerprint density at radius 2 is 0.841 bits per heavy atom. The first-order chi connectivity index (χ1) is 21.2. The average Bonchev–Trinajstić information content (AvgIpc) is 2.99. The van der Waals surface area contributed by atoms with Crippen LogP contribution in [0.4, 0.5) is 9.59 Å². The molecule has 0 amide bonds. The fraction of sp³-hybridized carbons (Fsp3) is 0.909. The highest BCUT2D eigenvalue weighted by Gasteiger charge is 2.40. The number of carbonyl (C=O) groups is 2. The summed E-state index contributed by atoms with van der Waals surface area (Å²) in [7, 11) is -1.35. The van der Waals surface area contributed by atoms with Gasteiger partial charge in [-0.1, -0.05) is 0 Å². The van der Waals surface area contributed by atoms with E-state index in [4.69, 9.17) is 36.2 Å². The summed E-state index contributed by atoms with van der Waals surface area (Å²) < 4.78 is 38.2. The molecule has 0 aromatic rings. The number of nitrogens with zero attached hydrogens (tertiary/aromatic N) is 2. The van der Waals surface area contributed by atoms with Crippen LogP contribution in [-0.2, 0) is 36.2 Å². The van der Waals surface area contributed by atoms with Crippen molar-refractivity contribution in [1.82, 2.24) is 7.75 Å². The van der Waals surface area contributed by atoms with E-state index >= 15 is 0 Å². The Morgan fingerprint density at radius 1 is 0.545 bits per heavy atom. The zero-order valence-corrected chi connectivity index (χ0v) is 35.3. The van der Waals surface area contributed by atoms with Crippen molar-refractivity contribution in [3.8, 4) is 0 Å². The molecule has 44 heavy (non-hydrogen) atoms. The van der Waals surface area contributed by atoms with E-state index in [1.807, 2.05) is 54.1 Å². The quantitative estimate of drug-likeness (QED) is 0.0235. The van der Waals surface area contributed by atoms with Crippen LogP contribution in [0.25, 0.3) is 0 Å². The first kappa shape index (κ1) is 45.9. The minimum Gasteiger partial charge on any atom is -0.374 e. The van der Waals surface area contributed by atoms with Crippen molar-refractivity contribution >= 4 is 117 Å². The van der Waals surface area contributed by atoms with Crippen LogP contribution in [0.5, 0.6) is 0 Å². The first-order valence-electron chi connectivity index (χ1n) is 14.1. The summed E-state index contributed by atoms with van der Waals surface area (Å²) in [5, 5.41) is -0.987. The Bertz CT molecular complexity index is 656. The van der Waals surface area contributed by atoms with Gasteiger partial charge >= 0.3 is 28.2 Å². The van der Waals surface area contributed by atoms with Crippen LogP contribution in [0.15, 0.2) is 0 Å². The lowest BCUT2D eigenvalue weighted by Crippen LogP contribution is -2.46. The minimum atomic E-state index is -2.69. The summed E-state index contributed by atoms with van der Waals surface area (Å²) in [4.78, 5) is 35.4. The summed E-state index contributed by atoms with van der Waals surface area (Å²) in [6.07, 6.45) is 5.21. The molecule has 0 fully saturated rings. The molecule has 0 N–H and O–H groups in total. The molecular formula is C22H48N2O10S8Si2. The predicted molar refractivity (Wildman–Crippen MR) is 199 cm³/mol. The molecule has 0 saturated carbocycles. The van der Waals surface area contributed by atoms with Gasteiger partial charge < -0.3 is 36.2 Å². The van der Waals surface area contributed by atoms with Gasteiger partial charge in [0.2, 0.25) is 0 Å². The second kappa shape index (κ2) is 29.7. The number of rotatable bonds is 29. The van der Waals surface area contributed by atoms with Crippen molar-refractivity contribution in [2.45, 2.75) is 66.5 Å². The average molecular weight is 813 g/mol. The maximum atomic E-state index is 12.3. The standard InChI is InChI=1S/C22H48N2O10S8Si2/c1-9-27-43(28-10-2,29-11-3)19-15-17-37-23(35-7)33-21(25)39-41-42-40-22(26)34-24(36-8)38-18-16-20-44(30-12-4,31-13-5)32-14-6/h9-20H2,1-8H3. The summed E-state index contributed by atoms with van der Waals surface area (Å²) in [6.45, 7) is 14.8. The van der Waals surface area contributed by atoms with Gasteiger partial charge in [-0.05, 0) is 130 Å². The maximum absolute atomic E-state index is 12.3. The molecule has 0 aliphatic rings. The second-order valence-electron chi connectivity index (χ2n) is 7.64. The monoisotopic (exact) mass is 812 g/mol. The summed E-state index contributed by atoms with van der Waals surface area (Å²) in [5.41, 5.74) is 0. The lowest BCUT2D eigenvalue weighted by Gasteiger charge is -2.28. The Kier molecular flexibility index (Phi) is 31.0. The normalized spacial score (nSPS) is 12.3. The Hall–Kier alpha value is 1.85. The van der Waals surface area contributed by atoms with Gasteiger partial charge in [-0.15, -0.1) is 0 Å². The molecule has 0 unspecified atom stereocenters. The third-order valence-electron chi connectivity index (χ3n) is 4.66. The molecule has 0 spiro atoms. The van der Waals surface area contributed by atoms with Gasteiger partial charge in [0.25, 0.3) is 0 Å². The van der Waals surface area contributed by atoms with Gasteiger partial charge in [0.05, 0.1) is 0 Å². The fourth-order valence-electron chi connectivity index (χ4n) is 3.33. The summed E-state index contributed by atoms with van der Waals surface area (Å²) in [6, 6.07) is 1.37. The second-order valence-corrected chi connectivity index (χ2v) is 22.5. The van der Waals surface area contributed by atoms with Crippen molar-refractivity contribution < 1.29 is 45.8 Å². The molecule has 0 aliphatic heterocycles. The number of hydrogen-bond acceptors (Lipinski definition) is 20. The van der Waals surface area contributed by atoms with Crippen LogP contribution >= 0.6 is 89.0 Å². The van der Waals surface area contributed by atoms with Gasteiger partial charge in [-0.25, -0.2) is 9.59 Å². The van der Waals surface area contributed by atoms with Crippen LogP contribution in [0.1, 0.15) is 54.4 Å². The molecule has 0 bridgehead atoms. The molecule has 0 aromatic carbocycles. The lowest BCUT2D eigenvalue weighted by atomic mass is 10.6. The van der Waals surface area contributed by atoms with Gasteiger partial charge in [-0.3, -0.25) is 0 Å². The van der Waals surface area contributed by atoms with E-state index in [1.54, 1.807) is 0 Å². The van der Waals surface area contributed by atoms with E-state index in [1.165, 1.54) is 55.5 Å². The Labute approximate surface area is 298 Å². The van der Waals surface area contributed by atoms with E-state index in [9.17, 15) is 9.59 Å². The minimum absolute atomic E-state index is 0.493. The fourth-order valence-corrected chi connectivity index (χ4v) is 16.0. The van der Waals surface area contributed by atoms with Crippen molar-refractivity contribution in [3.05, 3.63) is 0 Å². The molecule has 0 heterocycles. The zero-order valence-electron chi connectivity index (χ0n) is 26.7. The third kappa shape index (κ3) is 21.7. The lowest BCUT2D eigenvalue weighted by molar-refractivity contribution is 0.0703. The van der Waals surface area contributed by atoms with Crippen molar-refractivity contribution in [2.75, 3.05) is 63.7 Å². The highest BCUT2D eigenvalue weighted by atomic mass is 33.7. The highest BCUT2D eigenvalue weighted by molar-refractivity contribution is 9.28. The molecule has 0 saturated heterocycles.